The first kappa shape index (κ1) is 23.7. The van der Waals surface area contributed by atoms with Crippen molar-refractivity contribution in [2.75, 3.05) is 13.2 Å². The zero-order chi connectivity index (χ0) is 20.6. The first-order chi connectivity index (χ1) is 13.1. The zero-order valence-corrected chi connectivity index (χ0v) is 18.2. The molecular weight excluding hydrogens is 401 g/mol. The average molecular weight is 434 g/mol. The van der Waals surface area contributed by atoms with Crippen LogP contribution in [0.3, 0.4) is 0 Å². The number of thiophene rings is 1. The van der Waals surface area contributed by atoms with Gasteiger partial charge < -0.3 is 20.3 Å². The molecule has 0 radical (unpaired) electrons. The van der Waals surface area contributed by atoms with Crippen molar-refractivity contribution in [3.05, 3.63) is 21.9 Å². The van der Waals surface area contributed by atoms with Crippen molar-refractivity contribution in [3.63, 3.8) is 0 Å². The average Bonchev–Trinajstić information content (AvgIpc) is 3.12. The maximum atomic E-state index is 12.3. The molecule has 28 heavy (non-hydrogen) atoms. The predicted molar refractivity (Wildman–Crippen MR) is 110 cm³/mol. The fourth-order valence-corrected chi connectivity index (χ4v) is 4.65. The summed E-state index contributed by atoms with van der Waals surface area (Å²) in [5.41, 5.74) is 5.18. The van der Waals surface area contributed by atoms with Crippen LogP contribution in [0, 0.1) is 0 Å². The van der Waals surface area contributed by atoms with Gasteiger partial charge >= 0.3 is 7.82 Å². The molecule has 0 spiro atoms. The molecule has 2 rings (SSSR count). The van der Waals surface area contributed by atoms with E-state index in [-0.39, 0.29) is 12.4 Å². The Morgan fingerprint density at radius 2 is 2.04 bits per heavy atom. The molecule has 0 bridgehead atoms. The number of nitrogens with two attached hydrogens (primary N) is 1. The van der Waals surface area contributed by atoms with Crippen LogP contribution in [0.4, 0.5) is 0 Å². The molecule has 9 heteroatoms. The van der Waals surface area contributed by atoms with Crippen LogP contribution in [-0.4, -0.2) is 40.4 Å². The van der Waals surface area contributed by atoms with E-state index in [1.165, 1.54) is 30.6 Å². The van der Waals surface area contributed by atoms with E-state index in [4.69, 9.17) is 20.3 Å². The number of rotatable bonds is 12. The maximum absolute atomic E-state index is 12.3. The van der Waals surface area contributed by atoms with Gasteiger partial charge in [-0.15, -0.1) is 11.3 Å². The van der Waals surface area contributed by atoms with E-state index in [0.717, 1.165) is 29.0 Å². The Kier molecular flexibility index (Phi) is 9.28. The second-order valence-electron chi connectivity index (χ2n) is 7.84. The summed E-state index contributed by atoms with van der Waals surface area (Å²) in [6.45, 7) is 2.10. The molecule has 1 aromatic heterocycles. The summed E-state index contributed by atoms with van der Waals surface area (Å²) in [6, 6.07) is 3.75. The summed E-state index contributed by atoms with van der Waals surface area (Å²) < 4.78 is 21.2. The van der Waals surface area contributed by atoms with Crippen LogP contribution in [0.1, 0.15) is 72.8 Å². The number of phosphoric ester groups is 1. The second kappa shape index (κ2) is 11.0. The topological polar surface area (TPSA) is 119 Å². The number of aryl methyl sites for hydroxylation is 1. The van der Waals surface area contributed by atoms with Gasteiger partial charge in [-0.3, -0.25) is 9.32 Å². The van der Waals surface area contributed by atoms with Crippen LogP contribution in [0.5, 0.6) is 0 Å². The van der Waals surface area contributed by atoms with Gasteiger partial charge in [0.2, 0.25) is 0 Å². The largest absolute Gasteiger partial charge is 0.469 e. The third-order valence-electron chi connectivity index (χ3n) is 4.90. The summed E-state index contributed by atoms with van der Waals surface area (Å²) in [5, 5.41) is 0. The van der Waals surface area contributed by atoms with Crippen LogP contribution in [0.2, 0.25) is 0 Å². The Balaban J connectivity index is 1.68. The van der Waals surface area contributed by atoms with Crippen molar-refractivity contribution < 1.29 is 28.4 Å². The quantitative estimate of drug-likeness (QED) is 0.260. The highest BCUT2D eigenvalue weighted by Crippen LogP contribution is 2.37. The van der Waals surface area contributed by atoms with Gasteiger partial charge in [0.05, 0.1) is 17.6 Å². The van der Waals surface area contributed by atoms with Crippen LogP contribution < -0.4 is 5.73 Å². The summed E-state index contributed by atoms with van der Waals surface area (Å²) >= 11 is 1.45. The molecule has 1 saturated carbocycles. The lowest BCUT2D eigenvalue weighted by molar-refractivity contribution is 0.0264. The number of carbonyl (C=O) groups is 1. The first-order valence-corrected chi connectivity index (χ1v) is 12.2. The summed E-state index contributed by atoms with van der Waals surface area (Å²) in [5.74, 6) is 0.129. The Morgan fingerprint density at radius 1 is 1.32 bits per heavy atom. The molecule has 0 saturated heterocycles. The van der Waals surface area contributed by atoms with Gasteiger partial charge in [0.25, 0.3) is 0 Å². The molecule has 0 amide bonds. The number of ether oxygens (including phenoxy) is 1. The number of phosphoric acid groups is 1. The van der Waals surface area contributed by atoms with Crippen molar-refractivity contribution in [1.29, 1.82) is 0 Å². The van der Waals surface area contributed by atoms with Crippen LogP contribution in [0.25, 0.3) is 0 Å². The van der Waals surface area contributed by atoms with Gasteiger partial charge in [0.15, 0.2) is 5.78 Å². The third-order valence-corrected chi connectivity index (χ3v) is 6.55. The smallest absolute Gasteiger partial charge is 0.378 e. The van der Waals surface area contributed by atoms with Crippen molar-refractivity contribution in [2.24, 2.45) is 5.73 Å². The molecule has 4 N–H and O–H groups in total. The summed E-state index contributed by atoms with van der Waals surface area (Å²) in [7, 11) is -4.52. The lowest BCUT2D eigenvalue weighted by Crippen LogP contribution is -2.41. The minimum Gasteiger partial charge on any atom is -0.378 e. The first-order valence-electron chi connectivity index (χ1n) is 9.87. The van der Waals surface area contributed by atoms with E-state index in [1.807, 2.05) is 12.1 Å². The molecule has 7 nitrogen and oxygen atoms in total. The molecule has 1 aliphatic carbocycles. The molecule has 1 aromatic rings. The van der Waals surface area contributed by atoms with E-state index >= 15 is 0 Å². The summed E-state index contributed by atoms with van der Waals surface area (Å²) in [4.78, 5) is 31.7. The molecular formula is C19H32NO6PS. The van der Waals surface area contributed by atoms with E-state index in [0.29, 0.717) is 32.0 Å². The minimum absolute atomic E-state index is 0.129. The van der Waals surface area contributed by atoms with Crippen molar-refractivity contribution in [3.8, 4) is 0 Å². The predicted octanol–water partition coefficient (Wildman–Crippen LogP) is 3.82. The van der Waals surface area contributed by atoms with Gasteiger partial charge in [-0.1, -0.05) is 19.3 Å². The number of Topliss-reactive ketones (excluding diaryl/α,β-unsaturated/α-hetero) is 1. The highest BCUT2D eigenvalue weighted by atomic mass is 32.1. The van der Waals surface area contributed by atoms with Crippen molar-refractivity contribution in [2.45, 2.75) is 76.4 Å². The van der Waals surface area contributed by atoms with Crippen molar-refractivity contribution in [1.82, 2.24) is 0 Å². The van der Waals surface area contributed by atoms with Gasteiger partial charge in [0.1, 0.15) is 0 Å². The molecule has 0 aromatic carbocycles. The maximum Gasteiger partial charge on any atom is 0.469 e. The SMILES string of the molecule is CC(N)(CCc1ccc(C(=O)CCCOC2CCCCC2)s1)COP(=O)(O)O. The van der Waals surface area contributed by atoms with Gasteiger partial charge in [-0.2, -0.15) is 0 Å². The van der Waals surface area contributed by atoms with Crippen LogP contribution >= 0.6 is 19.2 Å². The number of carbonyl (C=O) groups excluding carboxylic acids is 1. The Labute approximate surface area is 170 Å². The second-order valence-corrected chi connectivity index (χ2v) is 10.2. The zero-order valence-electron chi connectivity index (χ0n) is 16.5. The molecule has 1 heterocycles. The van der Waals surface area contributed by atoms with Crippen LogP contribution in [-0.2, 0) is 20.2 Å². The lowest BCUT2D eigenvalue weighted by Gasteiger charge is -2.24. The van der Waals surface area contributed by atoms with Crippen molar-refractivity contribution >= 4 is 24.9 Å². The molecule has 1 aliphatic rings. The van der Waals surface area contributed by atoms with Gasteiger partial charge in [0, 0.05) is 23.4 Å². The summed E-state index contributed by atoms with van der Waals surface area (Å²) in [6.07, 6.45) is 8.79. The van der Waals surface area contributed by atoms with E-state index in [1.54, 1.807) is 6.92 Å². The number of ketones is 1. The Hall–Kier alpha value is -0.600. The molecule has 1 fully saturated rings. The fraction of sp³-hybridized carbons (Fsp3) is 0.737. The number of hydrogen-bond acceptors (Lipinski definition) is 6. The van der Waals surface area contributed by atoms with E-state index in [9.17, 15) is 9.36 Å². The normalized spacial score (nSPS) is 18.1. The molecule has 1 atom stereocenters. The van der Waals surface area contributed by atoms with Gasteiger partial charge in [-0.25, -0.2) is 4.57 Å². The molecule has 1 unspecified atom stereocenters. The molecule has 160 valence electrons. The lowest BCUT2D eigenvalue weighted by atomic mass is 9.98. The molecule has 0 aliphatic heterocycles. The highest BCUT2D eigenvalue weighted by molar-refractivity contribution is 7.46. The number of hydrogen-bond donors (Lipinski definition) is 3. The Morgan fingerprint density at radius 3 is 2.71 bits per heavy atom. The van der Waals surface area contributed by atoms with E-state index in [2.05, 4.69) is 4.52 Å². The van der Waals surface area contributed by atoms with E-state index < -0.39 is 13.4 Å². The monoisotopic (exact) mass is 433 g/mol. The third kappa shape index (κ3) is 9.27. The Bertz CT molecular complexity index is 665. The minimum atomic E-state index is -4.52. The van der Waals surface area contributed by atoms with Gasteiger partial charge in [-0.05, 0) is 51.2 Å². The standard InChI is InChI=1S/C19H32NO6PS/c1-19(20,14-26-27(22,23)24)12-11-16-9-10-18(28-16)17(21)8-5-13-25-15-6-3-2-4-7-15/h9-10,15H,2-8,11-14,20H2,1H3,(H2,22,23,24). The fourth-order valence-electron chi connectivity index (χ4n) is 3.21. The highest BCUT2D eigenvalue weighted by Gasteiger charge is 2.25. The van der Waals surface area contributed by atoms with Crippen LogP contribution in [0.15, 0.2) is 12.1 Å².